The Bertz CT molecular complexity index is 862. The summed E-state index contributed by atoms with van der Waals surface area (Å²) in [6.45, 7) is 0.730. The number of benzene rings is 1. The molecule has 2 heterocycles. The van der Waals surface area contributed by atoms with Gasteiger partial charge in [-0.3, -0.25) is 0 Å². The summed E-state index contributed by atoms with van der Waals surface area (Å²) in [5, 5.41) is 2.69. The molecule has 90 valence electrons. The van der Waals surface area contributed by atoms with Gasteiger partial charge in [0.15, 0.2) is 0 Å². The zero-order chi connectivity index (χ0) is 12.4. The van der Waals surface area contributed by atoms with Crippen LogP contribution in [0, 0.1) is 0 Å². The van der Waals surface area contributed by atoms with Gasteiger partial charge in [0.1, 0.15) is 12.4 Å². The van der Waals surface area contributed by atoms with Gasteiger partial charge < -0.3 is 4.74 Å². The summed E-state index contributed by atoms with van der Waals surface area (Å²) in [7, 11) is 0. The van der Waals surface area contributed by atoms with Gasteiger partial charge in [-0.1, -0.05) is 48.6 Å². The van der Waals surface area contributed by atoms with Crippen molar-refractivity contribution in [2.75, 3.05) is 6.61 Å². The molecule has 1 atom stereocenters. The molecule has 5 aliphatic rings. The Morgan fingerprint density at radius 3 is 2.89 bits per heavy atom. The first-order chi connectivity index (χ1) is 9.37. The van der Waals surface area contributed by atoms with E-state index in [1.807, 2.05) is 0 Å². The highest BCUT2D eigenvalue weighted by molar-refractivity contribution is 5.71. The third-order valence-electron chi connectivity index (χ3n) is 4.58. The number of ether oxygens (including phenoxy) is 1. The molecule has 1 heteroatoms. The van der Waals surface area contributed by atoms with Crippen molar-refractivity contribution in [3.05, 3.63) is 75.4 Å². The van der Waals surface area contributed by atoms with E-state index < -0.39 is 0 Å². The third kappa shape index (κ3) is 1.03. The van der Waals surface area contributed by atoms with Crippen molar-refractivity contribution in [2.24, 2.45) is 0 Å². The molecule has 2 bridgehead atoms. The maximum atomic E-state index is 5.81. The highest BCUT2D eigenvalue weighted by Gasteiger charge is 2.41. The number of hydrogen-bond acceptors (Lipinski definition) is 1. The summed E-state index contributed by atoms with van der Waals surface area (Å²) >= 11 is 0. The Morgan fingerprint density at radius 2 is 2.00 bits per heavy atom. The molecule has 0 saturated heterocycles. The van der Waals surface area contributed by atoms with Crippen LogP contribution in [0.2, 0.25) is 0 Å². The molecule has 0 unspecified atom stereocenters. The Balaban J connectivity index is 1.95. The number of fused-ring (bicyclic) bond motifs is 4. The van der Waals surface area contributed by atoms with Crippen LogP contribution in [0.5, 0.6) is 0 Å². The van der Waals surface area contributed by atoms with Crippen molar-refractivity contribution in [2.45, 2.75) is 5.41 Å². The van der Waals surface area contributed by atoms with E-state index in [1.54, 1.807) is 0 Å². The van der Waals surface area contributed by atoms with E-state index in [0.29, 0.717) is 0 Å². The molecule has 0 fully saturated rings. The maximum Gasteiger partial charge on any atom is 0.119 e. The van der Waals surface area contributed by atoms with Gasteiger partial charge in [0.2, 0.25) is 0 Å². The first-order valence-corrected chi connectivity index (χ1v) is 6.65. The molecule has 0 radical (unpaired) electrons. The molecule has 1 aromatic carbocycles. The predicted molar refractivity (Wildman–Crippen MR) is 76.6 cm³/mol. The van der Waals surface area contributed by atoms with Crippen LogP contribution in [0.1, 0.15) is 11.1 Å². The molecule has 1 nitrogen and oxygen atoms in total. The van der Waals surface area contributed by atoms with Gasteiger partial charge in [-0.2, -0.15) is 0 Å². The van der Waals surface area contributed by atoms with E-state index in [0.717, 1.165) is 12.4 Å². The van der Waals surface area contributed by atoms with Gasteiger partial charge in [-0.05, 0) is 39.3 Å². The molecule has 6 rings (SSSR count). The van der Waals surface area contributed by atoms with Gasteiger partial charge in [0, 0.05) is 0 Å². The van der Waals surface area contributed by atoms with Crippen molar-refractivity contribution < 1.29 is 4.74 Å². The van der Waals surface area contributed by atoms with Crippen molar-refractivity contribution in [1.29, 1.82) is 0 Å². The third-order valence-corrected chi connectivity index (χ3v) is 4.58. The lowest BCUT2D eigenvalue weighted by Crippen LogP contribution is -2.46. The monoisotopic (exact) mass is 244 g/mol. The zero-order valence-electron chi connectivity index (χ0n) is 10.4. The number of rotatable bonds is 0. The van der Waals surface area contributed by atoms with Crippen LogP contribution in [0.15, 0.2) is 53.8 Å². The normalized spacial score (nSPS) is 27.4. The Kier molecular flexibility index (Phi) is 1.52. The Morgan fingerprint density at radius 1 is 1.00 bits per heavy atom. The highest BCUT2D eigenvalue weighted by atomic mass is 16.5. The molecule has 19 heavy (non-hydrogen) atoms. The van der Waals surface area contributed by atoms with Gasteiger partial charge in [0.05, 0.1) is 5.41 Å². The second kappa shape index (κ2) is 3.00. The smallest absolute Gasteiger partial charge is 0.119 e. The SMILES string of the molecule is C1=Cc2ccc3c(c2=C1)=CC=C1C=C2C=C[C@@]13CO2. The van der Waals surface area contributed by atoms with Crippen LogP contribution in [0.3, 0.4) is 0 Å². The van der Waals surface area contributed by atoms with Gasteiger partial charge in [-0.15, -0.1) is 0 Å². The maximum absolute atomic E-state index is 5.81. The largest absolute Gasteiger partial charge is 0.492 e. The minimum atomic E-state index is -0.0721. The Labute approximate surface area is 111 Å². The molecule has 0 aromatic heterocycles. The van der Waals surface area contributed by atoms with E-state index in [2.05, 4.69) is 60.7 Å². The fourth-order valence-electron chi connectivity index (χ4n) is 3.56. The molecule has 0 N–H and O–H groups in total. The minimum Gasteiger partial charge on any atom is -0.492 e. The molecular formula is C18H12O. The summed E-state index contributed by atoms with van der Waals surface area (Å²) in [5.74, 6) is 0.986. The summed E-state index contributed by atoms with van der Waals surface area (Å²) in [6.07, 6.45) is 17.6. The molecule has 1 aromatic rings. The molecular weight excluding hydrogens is 232 g/mol. The van der Waals surface area contributed by atoms with Crippen LogP contribution < -0.4 is 10.4 Å². The second-order valence-electron chi connectivity index (χ2n) is 5.48. The average Bonchev–Trinajstić information content (AvgIpc) is 2.95. The van der Waals surface area contributed by atoms with Gasteiger partial charge >= 0.3 is 0 Å². The van der Waals surface area contributed by atoms with Crippen molar-refractivity contribution in [3.8, 4) is 0 Å². The predicted octanol–water partition coefficient (Wildman–Crippen LogP) is 1.94. The van der Waals surface area contributed by atoms with E-state index in [9.17, 15) is 0 Å². The van der Waals surface area contributed by atoms with Crippen molar-refractivity contribution in [1.82, 2.24) is 0 Å². The lowest BCUT2D eigenvalue weighted by Gasteiger charge is -2.41. The topological polar surface area (TPSA) is 9.23 Å². The van der Waals surface area contributed by atoms with Gasteiger partial charge in [0.25, 0.3) is 0 Å². The number of hydrogen-bond donors (Lipinski definition) is 0. The summed E-state index contributed by atoms with van der Waals surface area (Å²) in [4.78, 5) is 0. The van der Waals surface area contributed by atoms with Crippen LogP contribution in [-0.4, -0.2) is 6.61 Å². The summed E-state index contributed by atoms with van der Waals surface area (Å²) in [6, 6.07) is 4.49. The summed E-state index contributed by atoms with van der Waals surface area (Å²) < 4.78 is 5.81. The van der Waals surface area contributed by atoms with Crippen molar-refractivity contribution >= 4 is 18.2 Å². The molecule has 3 aliphatic carbocycles. The molecule has 2 aliphatic heterocycles. The minimum absolute atomic E-state index is 0.0721. The quantitative estimate of drug-likeness (QED) is 0.677. The van der Waals surface area contributed by atoms with E-state index >= 15 is 0 Å². The van der Waals surface area contributed by atoms with Crippen molar-refractivity contribution in [3.63, 3.8) is 0 Å². The molecule has 0 amide bonds. The Hall–Kier alpha value is -2.28. The van der Waals surface area contributed by atoms with Crippen LogP contribution in [0.4, 0.5) is 0 Å². The second-order valence-corrected chi connectivity index (χ2v) is 5.48. The van der Waals surface area contributed by atoms with Gasteiger partial charge in [-0.25, -0.2) is 0 Å². The zero-order valence-corrected chi connectivity index (χ0v) is 10.4. The molecule has 1 spiro atoms. The van der Waals surface area contributed by atoms with E-state index in [1.165, 1.54) is 27.1 Å². The number of allylic oxidation sites excluding steroid dienone is 4. The lowest BCUT2D eigenvalue weighted by atomic mass is 9.68. The summed E-state index contributed by atoms with van der Waals surface area (Å²) in [5.41, 5.74) is 3.97. The molecule has 0 saturated carbocycles. The van der Waals surface area contributed by atoms with E-state index in [4.69, 9.17) is 4.74 Å². The average molecular weight is 244 g/mol. The van der Waals surface area contributed by atoms with E-state index in [-0.39, 0.29) is 5.41 Å². The highest BCUT2D eigenvalue weighted by Crippen LogP contribution is 2.43. The first-order valence-electron chi connectivity index (χ1n) is 6.65. The lowest BCUT2D eigenvalue weighted by molar-refractivity contribution is 0.164. The standard InChI is InChI=1S/C18H12O/c1-2-12-4-7-17-16(15(12)3-1)6-5-13-10-14-8-9-18(13,17)11-19-14/h1-10H,11H2/t18-/m1/s1. The van der Waals surface area contributed by atoms with Crippen LogP contribution >= 0.6 is 0 Å². The fourth-order valence-corrected chi connectivity index (χ4v) is 3.56. The first kappa shape index (κ1) is 9.62. The van der Waals surface area contributed by atoms with Crippen LogP contribution in [-0.2, 0) is 10.2 Å². The van der Waals surface area contributed by atoms with Crippen LogP contribution in [0.25, 0.3) is 18.2 Å². The fraction of sp³-hybridized carbons (Fsp3) is 0.111.